The molecule has 0 bridgehead atoms. The van der Waals surface area contributed by atoms with E-state index in [1.54, 1.807) is 0 Å². The molecule has 12 rings (SSSR count). The van der Waals surface area contributed by atoms with Gasteiger partial charge in [0.05, 0.1) is 0 Å². The monoisotopic (exact) mass is 751 g/mol. The molecule has 4 heteroatoms. The first kappa shape index (κ1) is 33.2. The predicted octanol–water partition coefficient (Wildman–Crippen LogP) is 14.7. The largest absolute Gasteiger partial charge is 0.456 e. The highest BCUT2D eigenvalue weighted by molar-refractivity contribution is 6.17. The zero-order valence-electron chi connectivity index (χ0n) is 31.8. The summed E-state index contributed by atoms with van der Waals surface area (Å²) in [5.74, 6) is 1.89. The van der Waals surface area contributed by atoms with Gasteiger partial charge in [0.2, 0.25) is 0 Å². The standard InChI is InChI=1S/C55H33N3O/c1-3-14-37-31-40(25-23-34(37)11-1)53-56-54(41-26-24-35-12-2-4-15-38(35)32-41)58-55(57-53)48-30-29-46(44-18-7-8-19-45(44)48)47-21-10-22-50-52(47)49-28-27-39(33-51(49)59-50)43-20-9-16-36-13-5-6-17-42(36)43/h1-33H. The van der Waals surface area contributed by atoms with Gasteiger partial charge in [0, 0.05) is 27.5 Å². The van der Waals surface area contributed by atoms with Gasteiger partial charge < -0.3 is 4.42 Å². The molecule has 0 aliphatic carbocycles. The van der Waals surface area contributed by atoms with E-state index in [-0.39, 0.29) is 0 Å². The highest BCUT2D eigenvalue weighted by Gasteiger charge is 2.19. The van der Waals surface area contributed by atoms with Gasteiger partial charge >= 0.3 is 0 Å². The summed E-state index contributed by atoms with van der Waals surface area (Å²) in [6.45, 7) is 0. The number of hydrogen-bond acceptors (Lipinski definition) is 4. The molecule has 10 aromatic carbocycles. The molecule has 0 unspecified atom stereocenters. The Bertz CT molecular complexity index is 3540. The highest BCUT2D eigenvalue weighted by atomic mass is 16.3. The van der Waals surface area contributed by atoms with Gasteiger partial charge in [0.1, 0.15) is 11.2 Å². The third-order valence-corrected chi connectivity index (χ3v) is 11.7. The molecule has 0 amide bonds. The van der Waals surface area contributed by atoms with Crippen LogP contribution in [0.25, 0.3) is 121 Å². The lowest BCUT2D eigenvalue weighted by molar-refractivity contribution is 0.669. The molecular weight excluding hydrogens is 719 g/mol. The van der Waals surface area contributed by atoms with Crippen molar-refractivity contribution >= 4 is 65.0 Å². The molecule has 12 aromatic rings. The van der Waals surface area contributed by atoms with Crippen LogP contribution < -0.4 is 0 Å². The molecule has 0 saturated heterocycles. The lowest BCUT2D eigenvalue weighted by Gasteiger charge is -2.14. The maximum absolute atomic E-state index is 6.63. The van der Waals surface area contributed by atoms with E-state index in [4.69, 9.17) is 19.4 Å². The minimum atomic E-state index is 0.627. The fraction of sp³-hybridized carbons (Fsp3) is 0. The van der Waals surface area contributed by atoms with Crippen molar-refractivity contribution in [3.05, 3.63) is 200 Å². The molecule has 0 fully saturated rings. The first-order valence-electron chi connectivity index (χ1n) is 19.9. The molecule has 0 aliphatic rings. The van der Waals surface area contributed by atoms with Gasteiger partial charge in [0.25, 0.3) is 0 Å². The number of benzene rings is 10. The first-order valence-corrected chi connectivity index (χ1v) is 19.9. The molecule has 2 heterocycles. The van der Waals surface area contributed by atoms with Crippen LogP contribution in [0.1, 0.15) is 0 Å². The summed E-state index contributed by atoms with van der Waals surface area (Å²) in [5, 5.41) is 11.4. The van der Waals surface area contributed by atoms with Crippen molar-refractivity contribution in [2.45, 2.75) is 0 Å². The Morgan fingerprint density at radius 1 is 0.271 bits per heavy atom. The first-order chi connectivity index (χ1) is 29.2. The summed E-state index contributed by atoms with van der Waals surface area (Å²) in [6.07, 6.45) is 0. The lowest BCUT2D eigenvalue weighted by atomic mass is 9.92. The Kier molecular flexibility index (Phi) is 7.50. The zero-order valence-corrected chi connectivity index (χ0v) is 31.8. The highest BCUT2D eigenvalue weighted by Crippen LogP contribution is 2.43. The summed E-state index contributed by atoms with van der Waals surface area (Å²) in [4.78, 5) is 15.6. The van der Waals surface area contributed by atoms with Crippen LogP contribution >= 0.6 is 0 Å². The van der Waals surface area contributed by atoms with E-state index in [1.165, 1.54) is 27.1 Å². The average molecular weight is 752 g/mol. The second kappa shape index (κ2) is 13.3. The van der Waals surface area contributed by atoms with Crippen LogP contribution in [0.4, 0.5) is 0 Å². The van der Waals surface area contributed by atoms with E-state index in [2.05, 4.69) is 200 Å². The summed E-state index contributed by atoms with van der Waals surface area (Å²) in [6, 6.07) is 70.5. The van der Waals surface area contributed by atoms with E-state index in [0.717, 1.165) is 76.9 Å². The summed E-state index contributed by atoms with van der Waals surface area (Å²) >= 11 is 0. The van der Waals surface area contributed by atoms with Gasteiger partial charge in [0.15, 0.2) is 17.5 Å². The SMILES string of the molecule is c1ccc2cc(-c3nc(-c4ccc5ccccc5c4)nc(-c4ccc(-c5cccc6oc7cc(-c8cccc9ccccc89)ccc7c56)c5ccccc45)n3)ccc2c1. The van der Waals surface area contributed by atoms with Crippen LogP contribution in [0.3, 0.4) is 0 Å². The molecule has 59 heavy (non-hydrogen) atoms. The minimum absolute atomic E-state index is 0.627. The number of rotatable bonds is 5. The van der Waals surface area contributed by atoms with Gasteiger partial charge in [-0.15, -0.1) is 0 Å². The number of furan rings is 1. The molecule has 0 atom stereocenters. The Morgan fingerprint density at radius 2 is 0.797 bits per heavy atom. The third-order valence-electron chi connectivity index (χ3n) is 11.7. The van der Waals surface area contributed by atoms with Gasteiger partial charge in [-0.25, -0.2) is 15.0 Å². The van der Waals surface area contributed by atoms with Crippen LogP contribution in [0, 0.1) is 0 Å². The molecular formula is C55H33N3O. The second-order valence-electron chi connectivity index (χ2n) is 15.2. The second-order valence-corrected chi connectivity index (χ2v) is 15.2. The van der Waals surface area contributed by atoms with Gasteiger partial charge in [-0.05, 0) is 102 Å². The molecule has 0 radical (unpaired) electrons. The van der Waals surface area contributed by atoms with E-state index in [0.29, 0.717) is 17.5 Å². The van der Waals surface area contributed by atoms with Gasteiger partial charge in [-0.2, -0.15) is 0 Å². The normalized spacial score (nSPS) is 11.7. The van der Waals surface area contributed by atoms with Crippen LogP contribution in [0.5, 0.6) is 0 Å². The molecule has 0 saturated carbocycles. The molecule has 0 N–H and O–H groups in total. The zero-order chi connectivity index (χ0) is 38.9. The molecule has 4 nitrogen and oxygen atoms in total. The van der Waals surface area contributed by atoms with Crippen molar-refractivity contribution in [3.63, 3.8) is 0 Å². The fourth-order valence-electron chi connectivity index (χ4n) is 8.84. The Morgan fingerprint density at radius 3 is 1.51 bits per heavy atom. The maximum atomic E-state index is 6.63. The molecule has 0 spiro atoms. The molecule has 274 valence electrons. The third kappa shape index (κ3) is 5.57. The summed E-state index contributed by atoms with van der Waals surface area (Å²) in [5.41, 5.74) is 9.12. The van der Waals surface area contributed by atoms with Crippen LogP contribution in [-0.4, -0.2) is 15.0 Å². The number of fused-ring (bicyclic) bond motifs is 7. The summed E-state index contributed by atoms with van der Waals surface area (Å²) in [7, 11) is 0. The van der Waals surface area contributed by atoms with Crippen molar-refractivity contribution in [2.75, 3.05) is 0 Å². The Balaban J connectivity index is 1.03. The van der Waals surface area contributed by atoms with E-state index in [1.807, 2.05) is 0 Å². The number of aromatic nitrogens is 3. The van der Waals surface area contributed by atoms with Crippen molar-refractivity contribution in [2.24, 2.45) is 0 Å². The smallest absolute Gasteiger partial charge is 0.164 e. The number of nitrogens with zero attached hydrogens (tertiary/aromatic N) is 3. The fourth-order valence-corrected chi connectivity index (χ4v) is 8.84. The van der Waals surface area contributed by atoms with Gasteiger partial charge in [-0.1, -0.05) is 164 Å². The lowest BCUT2D eigenvalue weighted by Crippen LogP contribution is -2.01. The predicted molar refractivity (Wildman–Crippen MR) is 244 cm³/mol. The summed E-state index contributed by atoms with van der Waals surface area (Å²) < 4.78 is 6.63. The molecule has 2 aromatic heterocycles. The van der Waals surface area contributed by atoms with E-state index >= 15 is 0 Å². The van der Waals surface area contributed by atoms with Crippen molar-refractivity contribution < 1.29 is 4.42 Å². The van der Waals surface area contributed by atoms with E-state index < -0.39 is 0 Å². The van der Waals surface area contributed by atoms with Gasteiger partial charge in [-0.3, -0.25) is 0 Å². The van der Waals surface area contributed by atoms with Crippen molar-refractivity contribution in [1.82, 2.24) is 15.0 Å². The maximum Gasteiger partial charge on any atom is 0.164 e. The molecule has 0 aliphatic heterocycles. The van der Waals surface area contributed by atoms with Crippen molar-refractivity contribution in [1.29, 1.82) is 0 Å². The van der Waals surface area contributed by atoms with Crippen LogP contribution in [0.15, 0.2) is 205 Å². The van der Waals surface area contributed by atoms with Crippen LogP contribution in [-0.2, 0) is 0 Å². The minimum Gasteiger partial charge on any atom is -0.456 e. The van der Waals surface area contributed by atoms with Crippen LogP contribution in [0.2, 0.25) is 0 Å². The Labute approximate surface area is 339 Å². The average Bonchev–Trinajstić information content (AvgIpc) is 3.69. The topological polar surface area (TPSA) is 51.8 Å². The van der Waals surface area contributed by atoms with Crippen molar-refractivity contribution in [3.8, 4) is 56.4 Å². The number of hydrogen-bond donors (Lipinski definition) is 0. The van der Waals surface area contributed by atoms with E-state index in [9.17, 15) is 0 Å². The quantitative estimate of drug-likeness (QED) is 0.176. The Hall–Kier alpha value is -7.95.